The van der Waals surface area contributed by atoms with Crippen molar-refractivity contribution in [3.05, 3.63) is 29.8 Å². The summed E-state index contributed by atoms with van der Waals surface area (Å²) in [5, 5.41) is 6.12. The van der Waals surface area contributed by atoms with Gasteiger partial charge in [0, 0.05) is 30.3 Å². The summed E-state index contributed by atoms with van der Waals surface area (Å²) in [7, 11) is 1.97. The molecule has 5 heteroatoms. The van der Waals surface area contributed by atoms with Crippen molar-refractivity contribution in [2.75, 3.05) is 32.0 Å². The Morgan fingerprint density at radius 2 is 1.91 bits per heavy atom. The largest absolute Gasteiger partial charge is 0.339 e. The van der Waals surface area contributed by atoms with E-state index < -0.39 is 0 Å². The molecule has 2 N–H and O–H groups in total. The van der Waals surface area contributed by atoms with Crippen molar-refractivity contribution in [2.24, 2.45) is 11.8 Å². The van der Waals surface area contributed by atoms with E-state index in [0.29, 0.717) is 11.5 Å². The third kappa shape index (κ3) is 4.10. The summed E-state index contributed by atoms with van der Waals surface area (Å²) in [6.07, 6.45) is 4.05. The number of piperidine rings is 1. The van der Waals surface area contributed by atoms with Gasteiger partial charge in [0.15, 0.2) is 0 Å². The lowest BCUT2D eigenvalue weighted by Gasteiger charge is -2.32. The van der Waals surface area contributed by atoms with E-state index in [1.165, 1.54) is 0 Å². The highest BCUT2D eigenvalue weighted by Gasteiger charge is 2.29. The van der Waals surface area contributed by atoms with Crippen LogP contribution in [-0.2, 0) is 4.79 Å². The SMILES string of the molecule is CNCC1CCN(C(=O)c2cccc(NC(=O)C3CC3)c2)CC1. The smallest absolute Gasteiger partial charge is 0.253 e. The maximum atomic E-state index is 12.6. The van der Waals surface area contributed by atoms with E-state index in [4.69, 9.17) is 0 Å². The van der Waals surface area contributed by atoms with Crippen molar-refractivity contribution in [1.82, 2.24) is 10.2 Å². The van der Waals surface area contributed by atoms with Crippen molar-refractivity contribution in [3.63, 3.8) is 0 Å². The Bertz CT molecular complexity index is 575. The lowest BCUT2D eigenvalue weighted by Crippen LogP contribution is -2.40. The summed E-state index contributed by atoms with van der Waals surface area (Å²) in [5.41, 5.74) is 1.38. The fourth-order valence-corrected chi connectivity index (χ4v) is 3.13. The van der Waals surface area contributed by atoms with Crippen LogP contribution in [0.5, 0.6) is 0 Å². The first-order chi connectivity index (χ1) is 11.2. The number of amides is 2. The monoisotopic (exact) mass is 315 g/mol. The van der Waals surface area contributed by atoms with Crippen molar-refractivity contribution >= 4 is 17.5 Å². The van der Waals surface area contributed by atoms with E-state index in [-0.39, 0.29) is 17.7 Å². The summed E-state index contributed by atoms with van der Waals surface area (Å²) in [5.74, 6) is 0.965. The highest BCUT2D eigenvalue weighted by atomic mass is 16.2. The van der Waals surface area contributed by atoms with Crippen LogP contribution in [0.25, 0.3) is 0 Å². The molecule has 1 aromatic rings. The van der Waals surface area contributed by atoms with Gasteiger partial charge in [0.25, 0.3) is 5.91 Å². The summed E-state index contributed by atoms with van der Waals surface area (Å²) < 4.78 is 0. The summed E-state index contributed by atoms with van der Waals surface area (Å²) in [4.78, 5) is 26.4. The maximum absolute atomic E-state index is 12.6. The zero-order valence-electron chi connectivity index (χ0n) is 13.7. The minimum absolute atomic E-state index is 0.0652. The van der Waals surface area contributed by atoms with Crippen LogP contribution in [0.3, 0.4) is 0 Å². The second-order valence-electron chi connectivity index (χ2n) is 6.64. The minimum Gasteiger partial charge on any atom is -0.339 e. The van der Waals surface area contributed by atoms with Gasteiger partial charge in [-0.15, -0.1) is 0 Å². The molecule has 1 saturated carbocycles. The topological polar surface area (TPSA) is 61.4 Å². The van der Waals surface area contributed by atoms with Crippen LogP contribution in [0.15, 0.2) is 24.3 Å². The van der Waals surface area contributed by atoms with Crippen LogP contribution < -0.4 is 10.6 Å². The van der Waals surface area contributed by atoms with Crippen LogP contribution in [0.4, 0.5) is 5.69 Å². The molecule has 1 aliphatic carbocycles. The van der Waals surface area contributed by atoms with Gasteiger partial charge in [0.05, 0.1) is 0 Å². The third-order valence-electron chi connectivity index (χ3n) is 4.72. The van der Waals surface area contributed by atoms with Gasteiger partial charge in [-0.1, -0.05) is 6.07 Å². The number of hydrogen-bond acceptors (Lipinski definition) is 3. The molecule has 0 spiro atoms. The molecule has 3 rings (SSSR count). The molecule has 1 heterocycles. The Kier molecular flexibility index (Phi) is 4.96. The van der Waals surface area contributed by atoms with Crippen LogP contribution in [-0.4, -0.2) is 43.4 Å². The van der Waals surface area contributed by atoms with Crippen molar-refractivity contribution in [1.29, 1.82) is 0 Å². The van der Waals surface area contributed by atoms with Gasteiger partial charge >= 0.3 is 0 Å². The number of nitrogens with zero attached hydrogens (tertiary/aromatic N) is 1. The van der Waals surface area contributed by atoms with E-state index in [2.05, 4.69) is 10.6 Å². The molecule has 0 radical (unpaired) electrons. The van der Waals surface area contributed by atoms with Crippen LogP contribution in [0.1, 0.15) is 36.0 Å². The molecule has 23 heavy (non-hydrogen) atoms. The average Bonchev–Trinajstić information content (AvgIpc) is 3.40. The number of carbonyl (C=O) groups is 2. The van der Waals surface area contributed by atoms with Crippen LogP contribution in [0, 0.1) is 11.8 Å². The number of likely N-dealkylation sites (tertiary alicyclic amines) is 1. The van der Waals surface area contributed by atoms with Crippen molar-refractivity contribution < 1.29 is 9.59 Å². The number of rotatable bonds is 5. The second kappa shape index (κ2) is 7.13. The fourth-order valence-electron chi connectivity index (χ4n) is 3.13. The molecular formula is C18H25N3O2. The highest BCUT2D eigenvalue weighted by Crippen LogP contribution is 2.30. The molecule has 1 aliphatic heterocycles. The zero-order valence-corrected chi connectivity index (χ0v) is 13.7. The molecule has 2 amide bonds. The second-order valence-corrected chi connectivity index (χ2v) is 6.64. The van der Waals surface area contributed by atoms with Gasteiger partial charge in [0.2, 0.25) is 5.91 Å². The first-order valence-corrected chi connectivity index (χ1v) is 8.52. The highest BCUT2D eigenvalue weighted by molar-refractivity contribution is 5.98. The van der Waals surface area contributed by atoms with Gasteiger partial charge in [-0.05, 0) is 63.4 Å². The molecule has 0 unspecified atom stereocenters. The summed E-state index contributed by atoms with van der Waals surface area (Å²) in [6.45, 7) is 2.64. The number of hydrogen-bond donors (Lipinski definition) is 2. The molecule has 0 bridgehead atoms. The molecular weight excluding hydrogens is 290 g/mol. The molecule has 2 aliphatic rings. The lowest BCUT2D eigenvalue weighted by molar-refractivity contribution is -0.117. The van der Waals surface area contributed by atoms with E-state index >= 15 is 0 Å². The molecule has 5 nitrogen and oxygen atoms in total. The summed E-state index contributed by atoms with van der Waals surface area (Å²) >= 11 is 0. The third-order valence-corrected chi connectivity index (χ3v) is 4.72. The molecule has 124 valence electrons. The first-order valence-electron chi connectivity index (χ1n) is 8.52. The van der Waals surface area contributed by atoms with Crippen molar-refractivity contribution in [3.8, 4) is 0 Å². The predicted molar refractivity (Wildman–Crippen MR) is 90.3 cm³/mol. The molecule has 1 aromatic carbocycles. The molecule has 0 aromatic heterocycles. The van der Waals surface area contributed by atoms with E-state index in [1.807, 2.05) is 30.1 Å². The number of benzene rings is 1. The molecule has 2 fully saturated rings. The number of carbonyl (C=O) groups excluding carboxylic acids is 2. The Balaban J connectivity index is 1.60. The van der Waals surface area contributed by atoms with Gasteiger partial charge in [-0.25, -0.2) is 0 Å². The fraction of sp³-hybridized carbons (Fsp3) is 0.556. The maximum Gasteiger partial charge on any atom is 0.253 e. The Hall–Kier alpha value is -1.88. The standard InChI is InChI=1S/C18H25N3O2/c1-19-12-13-7-9-21(10-8-13)18(23)15-3-2-4-16(11-15)20-17(22)14-5-6-14/h2-4,11,13-14,19H,5-10,12H2,1H3,(H,20,22). The molecule has 0 atom stereocenters. The van der Waals surface area contributed by atoms with E-state index in [0.717, 1.165) is 51.0 Å². The molecule has 1 saturated heterocycles. The Morgan fingerprint density at radius 3 is 2.57 bits per heavy atom. The number of anilines is 1. The summed E-state index contributed by atoms with van der Waals surface area (Å²) in [6, 6.07) is 7.30. The van der Waals surface area contributed by atoms with Crippen LogP contribution >= 0.6 is 0 Å². The normalized spacial score (nSPS) is 18.7. The zero-order chi connectivity index (χ0) is 16.2. The predicted octanol–water partition coefficient (Wildman–Crippen LogP) is 2.11. The van der Waals surface area contributed by atoms with E-state index in [9.17, 15) is 9.59 Å². The lowest BCUT2D eigenvalue weighted by atomic mass is 9.96. The van der Waals surface area contributed by atoms with Gasteiger partial charge < -0.3 is 15.5 Å². The van der Waals surface area contributed by atoms with Gasteiger partial charge in [-0.2, -0.15) is 0 Å². The van der Waals surface area contributed by atoms with Gasteiger partial charge in [0.1, 0.15) is 0 Å². The van der Waals surface area contributed by atoms with Crippen LogP contribution in [0.2, 0.25) is 0 Å². The van der Waals surface area contributed by atoms with Gasteiger partial charge in [-0.3, -0.25) is 9.59 Å². The van der Waals surface area contributed by atoms with Crippen molar-refractivity contribution in [2.45, 2.75) is 25.7 Å². The number of nitrogens with one attached hydrogen (secondary N) is 2. The first kappa shape index (κ1) is 16.0. The minimum atomic E-state index is 0.0652. The average molecular weight is 315 g/mol. The Labute approximate surface area is 137 Å². The van der Waals surface area contributed by atoms with E-state index in [1.54, 1.807) is 6.07 Å². The quantitative estimate of drug-likeness (QED) is 0.875. The Morgan fingerprint density at radius 1 is 1.17 bits per heavy atom.